The van der Waals surface area contributed by atoms with Crippen molar-refractivity contribution in [2.24, 2.45) is 17.8 Å². The van der Waals surface area contributed by atoms with Gasteiger partial charge in [-0.15, -0.1) is 0 Å². The van der Waals surface area contributed by atoms with Crippen molar-refractivity contribution in [3.05, 3.63) is 35.8 Å². The van der Waals surface area contributed by atoms with Crippen LogP contribution in [0.2, 0.25) is 0 Å². The number of carboxylic acid groups (broad SMARTS) is 1. The Hall–Kier alpha value is -3.17. The minimum atomic E-state index is -1.18. The molecule has 3 aliphatic rings. The van der Waals surface area contributed by atoms with Gasteiger partial charge in [0.15, 0.2) is 23.1 Å². The Morgan fingerprint density at radius 1 is 1.10 bits per heavy atom. The molecule has 3 aliphatic carbocycles. The summed E-state index contributed by atoms with van der Waals surface area (Å²) in [7, 11) is 0. The van der Waals surface area contributed by atoms with Crippen LogP contribution in [0.15, 0.2) is 18.3 Å². The van der Waals surface area contributed by atoms with Gasteiger partial charge in [0.05, 0.1) is 17.3 Å². The number of fused-ring (bicyclic) bond motifs is 4. The van der Waals surface area contributed by atoms with Crippen LogP contribution in [0.4, 0.5) is 19.0 Å². The lowest BCUT2D eigenvalue weighted by atomic mass is 9.61. The summed E-state index contributed by atoms with van der Waals surface area (Å²) in [5.74, 6) is -4.74. The van der Waals surface area contributed by atoms with Crippen LogP contribution >= 0.6 is 0 Å². The normalized spacial score (nSPS) is 25.6. The van der Waals surface area contributed by atoms with E-state index >= 15 is 0 Å². The van der Waals surface area contributed by atoms with E-state index in [9.17, 15) is 23.1 Å². The third kappa shape index (κ3) is 2.98. The molecule has 6 rings (SSSR count). The molecule has 0 aromatic carbocycles. The van der Waals surface area contributed by atoms with Crippen molar-refractivity contribution in [2.45, 2.75) is 31.7 Å². The zero-order valence-electron chi connectivity index (χ0n) is 15.7. The highest BCUT2D eigenvalue weighted by Crippen LogP contribution is 2.46. The number of hydrogen-bond acceptors (Lipinski definition) is 6. The predicted octanol–water partition coefficient (Wildman–Crippen LogP) is 2.40. The third-order valence-electron chi connectivity index (χ3n) is 6.34. The van der Waals surface area contributed by atoms with Gasteiger partial charge in [-0.05, 0) is 43.6 Å². The highest BCUT2D eigenvalue weighted by atomic mass is 19.1. The summed E-state index contributed by atoms with van der Waals surface area (Å²) in [5, 5.41) is 21.3. The number of pyridine rings is 2. The summed E-state index contributed by atoms with van der Waals surface area (Å²) in [4.78, 5) is 19.6. The molecule has 1 unspecified atom stereocenters. The molecule has 10 heteroatoms. The van der Waals surface area contributed by atoms with E-state index in [-0.39, 0.29) is 40.1 Å². The molecule has 30 heavy (non-hydrogen) atoms. The Bertz CT molecular complexity index is 1140. The van der Waals surface area contributed by atoms with Gasteiger partial charge in [0, 0.05) is 24.0 Å². The standard InChI is InChI=1S/C20H18F3N5O2/c21-10-5-11-16(27-28-18(11)24-7-10)17-12(22)6-13(23)19(26-17)25-15-9-3-1-8(2-4-9)14(15)20(29)30/h5-9,14-15H,1-4H2,(H,25,26)(H,29,30)(H,24,27,28)/p-1/t8?,9?,14-,15?/m0/s1. The quantitative estimate of drug-likeness (QED) is 0.677. The number of aromatic amines is 1. The van der Waals surface area contributed by atoms with Gasteiger partial charge in [0.2, 0.25) is 0 Å². The second kappa shape index (κ2) is 6.96. The Labute approximate surface area is 168 Å². The first-order chi connectivity index (χ1) is 14.4. The summed E-state index contributed by atoms with van der Waals surface area (Å²) in [6.45, 7) is 0. The van der Waals surface area contributed by atoms with Crippen LogP contribution in [-0.2, 0) is 4.79 Å². The molecule has 3 aromatic rings. The van der Waals surface area contributed by atoms with Gasteiger partial charge in [-0.2, -0.15) is 5.10 Å². The molecule has 7 nitrogen and oxygen atoms in total. The lowest BCUT2D eigenvalue weighted by molar-refractivity contribution is -0.316. The third-order valence-corrected chi connectivity index (χ3v) is 6.34. The molecule has 2 N–H and O–H groups in total. The summed E-state index contributed by atoms with van der Waals surface area (Å²) < 4.78 is 42.7. The molecule has 0 radical (unpaired) electrons. The van der Waals surface area contributed by atoms with E-state index in [1.807, 2.05) is 0 Å². The van der Waals surface area contributed by atoms with Crippen LogP contribution in [0.1, 0.15) is 25.7 Å². The molecule has 3 saturated carbocycles. The second-order valence-corrected chi connectivity index (χ2v) is 7.96. The van der Waals surface area contributed by atoms with Crippen LogP contribution in [0.5, 0.6) is 0 Å². The fourth-order valence-electron chi connectivity index (χ4n) is 4.95. The van der Waals surface area contributed by atoms with Crippen LogP contribution in [-0.4, -0.2) is 32.2 Å². The monoisotopic (exact) mass is 416 g/mol. The first-order valence-corrected chi connectivity index (χ1v) is 9.76. The van der Waals surface area contributed by atoms with E-state index in [4.69, 9.17) is 0 Å². The van der Waals surface area contributed by atoms with Crippen molar-refractivity contribution < 1.29 is 23.1 Å². The lowest BCUT2D eigenvalue weighted by Gasteiger charge is -2.49. The minimum absolute atomic E-state index is 0.0360. The zero-order chi connectivity index (χ0) is 21.0. The van der Waals surface area contributed by atoms with E-state index < -0.39 is 35.4 Å². The fraction of sp³-hybridized carbons (Fsp3) is 0.400. The Morgan fingerprint density at radius 3 is 2.57 bits per heavy atom. The lowest BCUT2D eigenvalue weighted by Crippen LogP contribution is -2.55. The maximum absolute atomic E-state index is 14.6. The second-order valence-electron chi connectivity index (χ2n) is 7.96. The molecule has 2 atom stereocenters. The SMILES string of the molecule is O=C([O-])[C@H]1C2CCC(CC2)C1Nc1nc(-c2[nH]nc3ncc(F)cc23)c(F)cc1F. The first kappa shape index (κ1) is 18.8. The number of aliphatic carboxylic acids is 1. The zero-order valence-corrected chi connectivity index (χ0v) is 15.7. The van der Waals surface area contributed by atoms with E-state index in [0.29, 0.717) is 6.07 Å². The number of anilines is 1. The van der Waals surface area contributed by atoms with Crippen molar-refractivity contribution in [1.82, 2.24) is 20.2 Å². The highest BCUT2D eigenvalue weighted by molar-refractivity contribution is 5.90. The number of nitrogens with one attached hydrogen (secondary N) is 2. The Morgan fingerprint density at radius 2 is 1.83 bits per heavy atom. The van der Waals surface area contributed by atoms with Crippen LogP contribution in [0.25, 0.3) is 22.4 Å². The summed E-state index contributed by atoms with van der Waals surface area (Å²) >= 11 is 0. The molecular weight excluding hydrogens is 399 g/mol. The smallest absolute Gasteiger partial charge is 0.181 e. The van der Waals surface area contributed by atoms with Crippen molar-refractivity contribution >= 4 is 22.8 Å². The largest absolute Gasteiger partial charge is 0.550 e. The predicted molar refractivity (Wildman–Crippen MR) is 98.3 cm³/mol. The first-order valence-electron chi connectivity index (χ1n) is 9.76. The molecule has 0 saturated heterocycles. The molecular formula is C20H17F3N5O2-. The van der Waals surface area contributed by atoms with Gasteiger partial charge >= 0.3 is 0 Å². The van der Waals surface area contributed by atoms with Crippen LogP contribution in [0, 0.1) is 35.2 Å². The van der Waals surface area contributed by atoms with Gasteiger partial charge in [0.1, 0.15) is 11.5 Å². The Balaban J connectivity index is 1.55. The summed E-state index contributed by atoms with van der Waals surface area (Å²) in [6.07, 6.45) is 4.23. The highest BCUT2D eigenvalue weighted by Gasteiger charge is 2.44. The number of hydrogen-bond donors (Lipinski definition) is 2. The maximum Gasteiger partial charge on any atom is 0.181 e. The van der Waals surface area contributed by atoms with Gasteiger partial charge in [-0.3, -0.25) is 5.10 Å². The van der Waals surface area contributed by atoms with E-state index in [1.165, 1.54) is 0 Å². The van der Waals surface area contributed by atoms with Crippen molar-refractivity contribution in [3.63, 3.8) is 0 Å². The van der Waals surface area contributed by atoms with Crippen LogP contribution < -0.4 is 10.4 Å². The molecule has 156 valence electrons. The number of carboxylic acids is 1. The minimum Gasteiger partial charge on any atom is -0.550 e. The van der Waals surface area contributed by atoms with E-state index in [2.05, 4.69) is 25.5 Å². The van der Waals surface area contributed by atoms with Crippen molar-refractivity contribution in [1.29, 1.82) is 0 Å². The summed E-state index contributed by atoms with van der Waals surface area (Å²) in [5.41, 5.74) is -0.0491. The molecule has 0 amide bonds. The topological polar surface area (TPSA) is 107 Å². The van der Waals surface area contributed by atoms with Gasteiger partial charge in [-0.1, -0.05) is 0 Å². The molecule has 2 bridgehead atoms. The van der Waals surface area contributed by atoms with Crippen LogP contribution in [0.3, 0.4) is 0 Å². The van der Waals surface area contributed by atoms with Crippen molar-refractivity contribution in [2.75, 3.05) is 5.32 Å². The Kier molecular flexibility index (Phi) is 4.37. The molecule has 3 fully saturated rings. The molecule has 0 aliphatic heterocycles. The number of nitrogens with zero attached hydrogens (tertiary/aromatic N) is 3. The summed E-state index contributed by atoms with van der Waals surface area (Å²) in [6, 6.07) is 1.24. The van der Waals surface area contributed by atoms with E-state index in [1.54, 1.807) is 0 Å². The van der Waals surface area contributed by atoms with E-state index in [0.717, 1.165) is 37.9 Å². The molecule has 3 aromatic heterocycles. The number of halogens is 3. The molecule has 0 spiro atoms. The average Bonchev–Trinajstić information content (AvgIpc) is 3.13. The van der Waals surface area contributed by atoms with Gasteiger partial charge in [0.25, 0.3) is 0 Å². The number of rotatable bonds is 4. The number of aromatic nitrogens is 4. The average molecular weight is 416 g/mol. The van der Waals surface area contributed by atoms with Crippen molar-refractivity contribution in [3.8, 4) is 11.4 Å². The van der Waals surface area contributed by atoms with Gasteiger partial charge in [-0.25, -0.2) is 23.1 Å². The number of H-pyrrole nitrogens is 1. The maximum atomic E-state index is 14.6. The number of carbonyl (C=O) groups is 1. The van der Waals surface area contributed by atoms with Gasteiger partial charge < -0.3 is 15.2 Å². The number of carbonyl (C=O) groups excluding carboxylic acids is 1. The fourth-order valence-corrected chi connectivity index (χ4v) is 4.95. The molecule has 3 heterocycles.